The molecule has 1 aromatic carbocycles. The summed E-state index contributed by atoms with van der Waals surface area (Å²) in [7, 11) is 0. The van der Waals surface area contributed by atoms with Crippen LogP contribution in [0.15, 0.2) is 52.9 Å². The summed E-state index contributed by atoms with van der Waals surface area (Å²) in [6.45, 7) is 35.5. The number of hydrogen-bond donors (Lipinski definition) is 0. The van der Waals surface area contributed by atoms with Crippen molar-refractivity contribution in [2.24, 2.45) is 11.3 Å². The largest absolute Gasteiger partial charge is 0.451 e. The topological polar surface area (TPSA) is 56.0 Å². The lowest BCUT2D eigenvalue weighted by atomic mass is 9.86. The van der Waals surface area contributed by atoms with E-state index in [2.05, 4.69) is 86.1 Å². The molecular formula is C44H70ClFN2O2. The summed E-state index contributed by atoms with van der Waals surface area (Å²) in [4.78, 5) is 21.1. The van der Waals surface area contributed by atoms with E-state index >= 15 is 0 Å². The Kier molecular flexibility index (Phi) is 24.5. The van der Waals surface area contributed by atoms with Crippen LogP contribution in [0.2, 0.25) is 5.02 Å². The van der Waals surface area contributed by atoms with Crippen LogP contribution in [-0.4, -0.2) is 15.8 Å². The van der Waals surface area contributed by atoms with Crippen LogP contribution in [0.3, 0.4) is 0 Å². The number of aryl methyl sites for hydroxylation is 2. The molecule has 0 spiro atoms. The van der Waals surface area contributed by atoms with Crippen LogP contribution in [0, 0.1) is 31.0 Å². The van der Waals surface area contributed by atoms with Crippen LogP contribution in [0.5, 0.6) is 0 Å². The number of unbranched alkanes of at least 4 members (excludes halogenated alkanes) is 1. The highest BCUT2D eigenvalue weighted by atomic mass is 35.5. The maximum atomic E-state index is 13.9. The van der Waals surface area contributed by atoms with Gasteiger partial charge in [-0.3, -0.25) is 9.78 Å². The van der Waals surface area contributed by atoms with Crippen LogP contribution in [0.1, 0.15) is 163 Å². The average molecular weight is 714 g/mol. The fourth-order valence-electron chi connectivity index (χ4n) is 4.22. The zero-order chi connectivity index (χ0) is 39.2. The summed E-state index contributed by atoms with van der Waals surface area (Å²) in [6.07, 6.45) is 6.54. The van der Waals surface area contributed by atoms with E-state index in [-0.39, 0.29) is 22.1 Å². The van der Waals surface area contributed by atoms with Gasteiger partial charge in [0.05, 0.1) is 10.7 Å². The minimum atomic E-state index is -0.494. The second-order valence-electron chi connectivity index (χ2n) is 14.7. The molecule has 6 heteroatoms. The molecule has 282 valence electrons. The highest BCUT2D eigenvalue weighted by Gasteiger charge is 2.25. The average Bonchev–Trinajstić information content (AvgIpc) is 3.46. The van der Waals surface area contributed by atoms with Gasteiger partial charge in [-0.2, -0.15) is 0 Å². The zero-order valence-electron chi connectivity index (χ0n) is 34.7. The van der Waals surface area contributed by atoms with Crippen LogP contribution >= 0.6 is 11.6 Å². The van der Waals surface area contributed by atoms with Gasteiger partial charge >= 0.3 is 0 Å². The fourth-order valence-corrected chi connectivity index (χ4v) is 4.34. The second-order valence-corrected chi connectivity index (χ2v) is 15.1. The molecule has 0 radical (unpaired) electrons. The summed E-state index contributed by atoms with van der Waals surface area (Å²) >= 11 is 5.79. The molecule has 0 fully saturated rings. The number of nitrogens with zero attached hydrogens (tertiary/aromatic N) is 2. The molecule has 0 aliphatic heterocycles. The maximum Gasteiger partial charge on any atom is 0.200 e. The molecule has 0 N–H and O–H groups in total. The van der Waals surface area contributed by atoms with Gasteiger partial charge in [0, 0.05) is 34.5 Å². The predicted octanol–water partition coefficient (Wildman–Crippen LogP) is 15.2. The third-order valence-corrected chi connectivity index (χ3v) is 7.10. The number of furan rings is 1. The van der Waals surface area contributed by atoms with Crippen molar-refractivity contribution >= 4 is 28.5 Å². The molecular weight excluding hydrogens is 643 g/mol. The Morgan fingerprint density at radius 1 is 0.820 bits per heavy atom. The Hall–Kier alpha value is -3.05. The van der Waals surface area contributed by atoms with Crippen molar-refractivity contribution < 1.29 is 13.6 Å². The number of Topliss-reactive ketones (excluding diaryl/α,β-unsaturated/α-hetero) is 1. The first-order valence-electron chi connectivity index (χ1n) is 18.6. The number of rotatable bonds is 5. The van der Waals surface area contributed by atoms with E-state index in [1.165, 1.54) is 44.2 Å². The Morgan fingerprint density at radius 2 is 1.34 bits per heavy atom. The quantitative estimate of drug-likeness (QED) is 0.193. The highest BCUT2D eigenvalue weighted by Crippen LogP contribution is 2.35. The number of hydrogen-bond acceptors (Lipinski definition) is 4. The van der Waals surface area contributed by atoms with Crippen LogP contribution in [-0.2, 0) is 5.41 Å². The van der Waals surface area contributed by atoms with Gasteiger partial charge in [0.2, 0.25) is 5.78 Å². The maximum absolute atomic E-state index is 13.9. The van der Waals surface area contributed by atoms with E-state index in [0.717, 1.165) is 17.0 Å². The normalized spacial score (nSPS) is 10.6. The smallest absolute Gasteiger partial charge is 0.200 e. The number of benzene rings is 1. The summed E-state index contributed by atoms with van der Waals surface area (Å²) in [6, 6.07) is 14.2. The molecule has 0 saturated heterocycles. The van der Waals surface area contributed by atoms with E-state index in [4.69, 9.17) is 16.0 Å². The first kappa shape index (κ1) is 49.1. The van der Waals surface area contributed by atoms with Crippen molar-refractivity contribution in [2.75, 3.05) is 0 Å². The van der Waals surface area contributed by atoms with Gasteiger partial charge in [0.1, 0.15) is 11.3 Å². The van der Waals surface area contributed by atoms with Crippen molar-refractivity contribution in [3.63, 3.8) is 0 Å². The number of fused-ring (bicyclic) bond motifs is 1. The van der Waals surface area contributed by atoms with Gasteiger partial charge < -0.3 is 4.42 Å². The van der Waals surface area contributed by atoms with E-state index in [1.807, 2.05) is 65.8 Å². The van der Waals surface area contributed by atoms with Gasteiger partial charge in [0.15, 0.2) is 11.3 Å². The Bertz CT molecular complexity index is 1490. The lowest BCUT2D eigenvalue weighted by Gasteiger charge is -2.20. The van der Waals surface area contributed by atoms with Gasteiger partial charge in [0.25, 0.3) is 0 Å². The first-order chi connectivity index (χ1) is 23.3. The lowest BCUT2D eigenvalue weighted by Crippen LogP contribution is -2.12. The number of carbonyl (C=O) groups excluding carboxylic acids is 1. The van der Waals surface area contributed by atoms with Crippen molar-refractivity contribution in [3.8, 4) is 11.3 Å². The molecule has 0 amide bonds. The molecule has 0 aliphatic carbocycles. The molecule has 50 heavy (non-hydrogen) atoms. The summed E-state index contributed by atoms with van der Waals surface area (Å²) < 4.78 is 19.8. The molecule has 4 aromatic rings. The molecule has 0 saturated carbocycles. The fraction of sp³-hybridized carbons (Fsp3) is 0.568. The summed E-state index contributed by atoms with van der Waals surface area (Å²) in [5.74, 6) is -0.431. The van der Waals surface area contributed by atoms with Crippen molar-refractivity contribution in [2.45, 2.75) is 155 Å². The third-order valence-electron chi connectivity index (χ3n) is 6.80. The van der Waals surface area contributed by atoms with E-state index in [1.54, 1.807) is 12.1 Å². The predicted molar refractivity (Wildman–Crippen MR) is 218 cm³/mol. The molecule has 4 nitrogen and oxygen atoms in total. The van der Waals surface area contributed by atoms with Gasteiger partial charge in [-0.05, 0) is 61.4 Å². The molecule has 3 heterocycles. The van der Waals surface area contributed by atoms with Gasteiger partial charge in [-0.15, -0.1) is 0 Å². The molecule has 0 bridgehead atoms. The number of pyridine rings is 2. The zero-order valence-corrected chi connectivity index (χ0v) is 35.5. The molecule has 0 atom stereocenters. The summed E-state index contributed by atoms with van der Waals surface area (Å²) in [5, 5.41) is 0.0685. The van der Waals surface area contributed by atoms with E-state index in [9.17, 15) is 9.18 Å². The summed E-state index contributed by atoms with van der Waals surface area (Å²) in [5.41, 5.74) is 5.82. The van der Waals surface area contributed by atoms with E-state index in [0.29, 0.717) is 33.5 Å². The SMILES string of the molecule is CC.CC(C)C(=O)c1cc2nc(-c3ccc(Cl)c(F)c3)cc(C(C)(C)C)c2o1.CCC.CCCC.CCCC(C)(C)C.Cc1cccc(C)n1. The van der Waals surface area contributed by atoms with Gasteiger partial charge in [-0.25, -0.2) is 9.37 Å². The second kappa shape index (κ2) is 25.0. The number of carbonyl (C=O) groups is 1. The molecule has 0 unspecified atom stereocenters. The van der Waals surface area contributed by atoms with Crippen LogP contribution < -0.4 is 0 Å². The lowest BCUT2D eigenvalue weighted by molar-refractivity contribution is 0.0913. The van der Waals surface area contributed by atoms with Crippen LogP contribution in [0.4, 0.5) is 4.39 Å². The monoisotopic (exact) mass is 713 g/mol. The van der Waals surface area contributed by atoms with Crippen LogP contribution in [0.25, 0.3) is 22.4 Å². The Labute approximate surface area is 311 Å². The minimum absolute atomic E-state index is 0.0676. The van der Waals surface area contributed by atoms with E-state index < -0.39 is 5.82 Å². The number of aromatic nitrogens is 2. The highest BCUT2D eigenvalue weighted by molar-refractivity contribution is 6.30. The Morgan fingerprint density at radius 3 is 1.68 bits per heavy atom. The van der Waals surface area contributed by atoms with Gasteiger partial charge in [-0.1, -0.05) is 153 Å². The third kappa shape index (κ3) is 19.4. The standard InChI is InChI=1S/C21H21ClFNO2.C7H9N.C7H16.C4H10.C3H8.C2H6/c1-11(2)19(25)18-10-17-20(26-18)13(21(3,4)5)9-16(24-17)12-6-7-14(22)15(23)8-12;1-6-4-3-5-7(2)8-6;1-5-6-7(2,3)4;1-3-4-2;1-3-2;1-2/h6-11H,1-5H3;3-5H,1-2H3;5-6H2,1-4H3;3-4H2,1-2H3;3H2,1-2H3;1-2H3. The Balaban J connectivity index is 0. The van der Waals surface area contributed by atoms with Crippen molar-refractivity contribution in [1.82, 2.24) is 9.97 Å². The number of halogens is 2. The minimum Gasteiger partial charge on any atom is -0.451 e. The molecule has 4 rings (SSSR count). The number of ketones is 1. The molecule has 3 aromatic heterocycles. The van der Waals surface area contributed by atoms with Crippen molar-refractivity contribution in [3.05, 3.63) is 82.1 Å². The molecule has 0 aliphatic rings. The first-order valence-corrected chi connectivity index (χ1v) is 19.0. The van der Waals surface area contributed by atoms with Crippen molar-refractivity contribution in [1.29, 1.82) is 0 Å².